The lowest BCUT2D eigenvalue weighted by Crippen LogP contribution is -2.35. The first-order chi connectivity index (χ1) is 13.5. The number of rotatable bonds is 4. The zero-order chi connectivity index (χ0) is 19.7. The number of hydrogen-bond acceptors (Lipinski definition) is 5. The van der Waals surface area contributed by atoms with Crippen molar-refractivity contribution in [1.29, 1.82) is 0 Å². The molecule has 28 heavy (non-hydrogen) atoms. The molecule has 0 radical (unpaired) electrons. The van der Waals surface area contributed by atoms with E-state index >= 15 is 0 Å². The van der Waals surface area contributed by atoms with Gasteiger partial charge in [-0.05, 0) is 50.3 Å². The fourth-order valence-corrected chi connectivity index (χ4v) is 4.71. The summed E-state index contributed by atoms with van der Waals surface area (Å²) in [7, 11) is 0. The van der Waals surface area contributed by atoms with E-state index in [4.69, 9.17) is 9.47 Å². The summed E-state index contributed by atoms with van der Waals surface area (Å²) in [5.41, 5.74) is 3.84. The van der Waals surface area contributed by atoms with Crippen LogP contribution in [-0.2, 0) is 19.1 Å². The van der Waals surface area contributed by atoms with Crippen LogP contribution >= 0.6 is 15.9 Å². The predicted molar refractivity (Wildman–Crippen MR) is 109 cm³/mol. The molecule has 3 aliphatic rings. The molecule has 0 saturated carbocycles. The summed E-state index contributed by atoms with van der Waals surface area (Å²) in [4.78, 5) is 25.9. The zero-order valence-electron chi connectivity index (χ0n) is 15.9. The highest BCUT2D eigenvalue weighted by atomic mass is 79.9. The number of esters is 1. The van der Waals surface area contributed by atoms with Gasteiger partial charge in [-0.25, -0.2) is 4.79 Å². The number of allylic oxidation sites excluding steroid dienone is 3. The molecule has 1 aromatic rings. The van der Waals surface area contributed by atoms with Crippen molar-refractivity contribution in [2.75, 3.05) is 13.2 Å². The molecule has 6 heteroatoms. The normalized spacial score (nSPS) is 24.9. The highest BCUT2D eigenvalue weighted by Crippen LogP contribution is 2.43. The Morgan fingerprint density at radius 3 is 2.93 bits per heavy atom. The number of ether oxygens (including phenoxy) is 2. The van der Waals surface area contributed by atoms with E-state index in [9.17, 15) is 9.59 Å². The van der Waals surface area contributed by atoms with E-state index in [1.165, 1.54) is 0 Å². The molecule has 0 unspecified atom stereocenters. The number of hydrogen-bond donors (Lipinski definition) is 1. The number of carbonyl (C=O) groups excluding carboxylic acids is 2. The molecule has 4 rings (SSSR count). The molecular formula is C22H24BrNO4. The lowest BCUT2D eigenvalue weighted by atomic mass is 9.75. The third-order valence-corrected chi connectivity index (χ3v) is 6.10. The first-order valence-corrected chi connectivity index (χ1v) is 10.6. The second-order valence-corrected chi connectivity index (χ2v) is 8.47. The molecule has 0 spiro atoms. The van der Waals surface area contributed by atoms with E-state index < -0.39 is 5.92 Å². The zero-order valence-corrected chi connectivity index (χ0v) is 17.5. The van der Waals surface area contributed by atoms with Gasteiger partial charge < -0.3 is 14.8 Å². The van der Waals surface area contributed by atoms with E-state index in [1.54, 1.807) is 0 Å². The van der Waals surface area contributed by atoms with Crippen LogP contribution in [0.25, 0.3) is 0 Å². The number of ketones is 1. The van der Waals surface area contributed by atoms with Crippen LogP contribution in [0.1, 0.15) is 50.5 Å². The first-order valence-electron chi connectivity index (χ1n) is 9.83. The van der Waals surface area contributed by atoms with Crippen LogP contribution in [0.15, 0.2) is 51.3 Å². The Hall–Kier alpha value is -1.92. The average Bonchev–Trinajstić information content (AvgIpc) is 3.19. The van der Waals surface area contributed by atoms with Gasteiger partial charge in [0.05, 0.1) is 11.7 Å². The van der Waals surface area contributed by atoms with Gasteiger partial charge in [0.2, 0.25) is 0 Å². The number of dihydropyridines is 1. The highest BCUT2D eigenvalue weighted by Gasteiger charge is 2.39. The second-order valence-electron chi connectivity index (χ2n) is 7.55. The minimum atomic E-state index is -0.404. The van der Waals surface area contributed by atoms with Crippen molar-refractivity contribution in [3.63, 3.8) is 0 Å². The van der Waals surface area contributed by atoms with Crippen molar-refractivity contribution in [2.45, 2.75) is 51.0 Å². The minimum Gasteiger partial charge on any atom is -0.459 e. The summed E-state index contributed by atoms with van der Waals surface area (Å²) < 4.78 is 12.1. The van der Waals surface area contributed by atoms with Gasteiger partial charge >= 0.3 is 5.97 Å². The number of benzene rings is 1. The summed E-state index contributed by atoms with van der Waals surface area (Å²) >= 11 is 3.51. The maximum absolute atomic E-state index is 13.1. The molecule has 0 amide bonds. The molecule has 1 saturated heterocycles. The van der Waals surface area contributed by atoms with Crippen LogP contribution in [0.2, 0.25) is 0 Å². The van der Waals surface area contributed by atoms with Crippen LogP contribution in [-0.4, -0.2) is 31.1 Å². The largest absolute Gasteiger partial charge is 0.459 e. The number of carbonyl (C=O) groups is 2. The molecule has 1 aliphatic carbocycles. The van der Waals surface area contributed by atoms with Crippen LogP contribution in [0.4, 0.5) is 0 Å². The van der Waals surface area contributed by atoms with Gasteiger partial charge in [0.1, 0.15) is 6.61 Å². The van der Waals surface area contributed by atoms with E-state index in [0.29, 0.717) is 17.6 Å². The summed E-state index contributed by atoms with van der Waals surface area (Å²) in [5, 5.41) is 3.32. The Morgan fingerprint density at radius 1 is 1.32 bits per heavy atom. The fraction of sp³-hybridized carbons (Fsp3) is 0.455. The molecule has 1 fully saturated rings. The van der Waals surface area contributed by atoms with Gasteiger partial charge in [-0.3, -0.25) is 4.79 Å². The Kier molecular flexibility index (Phi) is 5.69. The number of nitrogens with one attached hydrogen (secondary N) is 1. The Bertz CT molecular complexity index is 867. The van der Waals surface area contributed by atoms with Crippen molar-refractivity contribution < 1.29 is 19.1 Å². The van der Waals surface area contributed by atoms with Crippen molar-refractivity contribution >= 4 is 27.7 Å². The Labute approximate surface area is 173 Å². The minimum absolute atomic E-state index is 0.0307. The van der Waals surface area contributed by atoms with E-state index in [2.05, 4.69) is 21.2 Å². The van der Waals surface area contributed by atoms with Crippen molar-refractivity contribution in [3.8, 4) is 0 Å². The Morgan fingerprint density at radius 2 is 2.18 bits per heavy atom. The molecule has 148 valence electrons. The van der Waals surface area contributed by atoms with Gasteiger partial charge in [-0.15, -0.1) is 0 Å². The Balaban J connectivity index is 1.69. The van der Waals surface area contributed by atoms with Gasteiger partial charge in [0, 0.05) is 40.4 Å². The van der Waals surface area contributed by atoms with Gasteiger partial charge in [-0.2, -0.15) is 0 Å². The maximum Gasteiger partial charge on any atom is 0.336 e. The number of Topliss-reactive ketones (excluding diaryl/α,β-unsaturated/α-hetero) is 1. The predicted octanol–water partition coefficient (Wildman–Crippen LogP) is 4.14. The topological polar surface area (TPSA) is 64.6 Å². The SMILES string of the molecule is CC1=C(C(=O)OC[C@H]2CCCO2)[C@@H](c2cccc(Br)c2)C2=C(CCCC2=O)N1. The monoisotopic (exact) mass is 445 g/mol. The average molecular weight is 446 g/mol. The third kappa shape index (κ3) is 3.80. The summed E-state index contributed by atoms with van der Waals surface area (Å²) in [6.07, 6.45) is 4.05. The molecule has 0 aromatic heterocycles. The lowest BCUT2D eigenvalue weighted by Gasteiger charge is -2.34. The first kappa shape index (κ1) is 19.4. The summed E-state index contributed by atoms with van der Waals surface area (Å²) in [6.45, 7) is 2.86. The fourth-order valence-electron chi connectivity index (χ4n) is 4.30. The highest BCUT2D eigenvalue weighted by molar-refractivity contribution is 9.10. The molecular weight excluding hydrogens is 422 g/mol. The molecule has 0 bridgehead atoms. The maximum atomic E-state index is 13.1. The lowest BCUT2D eigenvalue weighted by molar-refractivity contribution is -0.142. The van der Waals surface area contributed by atoms with E-state index in [1.807, 2.05) is 31.2 Å². The van der Waals surface area contributed by atoms with Gasteiger partial charge in [0.25, 0.3) is 0 Å². The molecule has 2 atom stereocenters. The van der Waals surface area contributed by atoms with E-state index in [0.717, 1.165) is 53.7 Å². The van der Waals surface area contributed by atoms with Gasteiger partial charge in [0.15, 0.2) is 5.78 Å². The van der Waals surface area contributed by atoms with Crippen molar-refractivity contribution in [1.82, 2.24) is 5.32 Å². The van der Waals surface area contributed by atoms with Crippen LogP contribution in [0, 0.1) is 0 Å². The van der Waals surface area contributed by atoms with Gasteiger partial charge in [-0.1, -0.05) is 28.1 Å². The van der Waals surface area contributed by atoms with Crippen LogP contribution < -0.4 is 5.32 Å². The molecule has 2 aliphatic heterocycles. The molecule has 5 nitrogen and oxygen atoms in total. The van der Waals surface area contributed by atoms with E-state index in [-0.39, 0.29) is 24.5 Å². The van der Waals surface area contributed by atoms with Crippen LogP contribution in [0.3, 0.4) is 0 Å². The standard InChI is InChI=1S/C22H24BrNO4/c1-13-19(22(26)28-12-16-7-4-10-27-16)20(14-5-2-6-15(23)11-14)21-17(24-13)8-3-9-18(21)25/h2,5-6,11,16,20,24H,3-4,7-10,12H2,1H3/t16-,20-/m1/s1. The van der Waals surface area contributed by atoms with Crippen LogP contribution in [0.5, 0.6) is 0 Å². The number of halogens is 1. The molecule has 1 N–H and O–H groups in total. The summed E-state index contributed by atoms with van der Waals surface area (Å²) in [5.74, 6) is -0.676. The smallest absolute Gasteiger partial charge is 0.336 e. The molecule has 1 aromatic carbocycles. The van der Waals surface area contributed by atoms with Crippen molar-refractivity contribution in [3.05, 3.63) is 56.8 Å². The second kappa shape index (κ2) is 8.21. The molecule has 2 heterocycles. The third-order valence-electron chi connectivity index (χ3n) is 5.60. The van der Waals surface area contributed by atoms with Crippen molar-refractivity contribution in [2.24, 2.45) is 0 Å². The quantitative estimate of drug-likeness (QED) is 0.705. The summed E-state index contributed by atoms with van der Waals surface area (Å²) in [6, 6.07) is 7.81.